The largest absolute Gasteiger partial charge is 0.508 e. The molecule has 3 rings (SSSR count). The van der Waals surface area contributed by atoms with E-state index in [2.05, 4.69) is 10.5 Å². The molecule has 0 atom stereocenters. The first kappa shape index (κ1) is 17.5. The molecule has 134 valence electrons. The van der Waals surface area contributed by atoms with Gasteiger partial charge in [0.1, 0.15) is 11.5 Å². The Morgan fingerprint density at radius 1 is 1.19 bits per heavy atom. The molecule has 2 amide bonds. The number of nitrogens with one attached hydrogen (secondary N) is 1. The van der Waals surface area contributed by atoms with Crippen LogP contribution in [0.5, 0.6) is 11.5 Å². The Morgan fingerprint density at radius 3 is 2.73 bits per heavy atom. The van der Waals surface area contributed by atoms with Crippen molar-refractivity contribution in [2.24, 2.45) is 5.10 Å². The predicted octanol–water partition coefficient (Wildman–Crippen LogP) is 2.38. The molecule has 7 heteroatoms. The summed E-state index contributed by atoms with van der Waals surface area (Å²) in [5.41, 5.74) is 4.15. The van der Waals surface area contributed by atoms with E-state index in [9.17, 15) is 19.8 Å². The lowest BCUT2D eigenvalue weighted by atomic mass is 10.1. The molecule has 0 spiro atoms. The van der Waals surface area contributed by atoms with E-state index < -0.39 is 5.91 Å². The Hall–Kier alpha value is -3.35. The molecule has 0 bridgehead atoms. The standard InChI is InChI=1S/C19H19N3O4/c1-12(16-11-15(23)7-8-17(16)24)20-21-19(26)13-4-2-5-14(10-13)22-9-3-6-18(22)25/h2,4-5,7-8,10-11,23-24H,3,6,9H2,1H3,(H,21,26)/b20-12-. The van der Waals surface area contributed by atoms with Gasteiger partial charge >= 0.3 is 0 Å². The third-order valence-corrected chi connectivity index (χ3v) is 4.19. The first-order valence-electron chi connectivity index (χ1n) is 8.23. The number of anilines is 1. The van der Waals surface area contributed by atoms with E-state index in [1.807, 2.05) is 0 Å². The van der Waals surface area contributed by atoms with Gasteiger partial charge in [0.2, 0.25) is 5.91 Å². The smallest absolute Gasteiger partial charge is 0.271 e. The average molecular weight is 353 g/mol. The van der Waals surface area contributed by atoms with Crippen LogP contribution in [0.3, 0.4) is 0 Å². The molecule has 7 nitrogen and oxygen atoms in total. The van der Waals surface area contributed by atoms with Gasteiger partial charge in [0, 0.05) is 29.8 Å². The molecule has 1 aliphatic rings. The Kier molecular flexibility index (Phi) is 4.88. The number of hydrazone groups is 1. The summed E-state index contributed by atoms with van der Waals surface area (Å²) in [5, 5.41) is 23.3. The highest BCUT2D eigenvalue weighted by molar-refractivity contribution is 6.03. The Labute approximate surface area is 150 Å². The molecule has 0 aromatic heterocycles. The third-order valence-electron chi connectivity index (χ3n) is 4.19. The third kappa shape index (κ3) is 3.66. The van der Waals surface area contributed by atoms with E-state index in [0.717, 1.165) is 6.42 Å². The SMILES string of the molecule is C/C(=N/NC(=O)c1cccc(N2CCCC2=O)c1)c1cc(O)ccc1O. The van der Waals surface area contributed by atoms with Crippen molar-refractivity contribution in [3.8, 4) is 11.5 Å². The van der Waals surface area contributed by atoms with Crippen LogP contribution in [0.4, 0.5) is 5.69 Å². The minimum absolute atomic E-state index is 0.0124. The maximum absolute atomic E-state index is 12.3. The Bertz CT molecular complexity index is 892. The highest BCUT2D eigenvalue weighted by Gasteiger charge is 2.22. The Morgan fingerprint density at radius 2 is 2.00 bits per heavy atom. The lowest BCUT2D eigenvalue weighted by molar-refractivity contribution is -0.117. The van der Waals surface area contributed by atoms with Gasteiger partial charge < -0.3 is 15.1 Å². The number of aromatic hydroxyl groups is 2. The molecule has 0 unspecified atom stereocenters. The van der Waals surface area contributed by atoms with Crippen molar-refractivity contribution in [3.63, 3.8) is 0 Å². The van der Waals surface area contributed by atoms with Crippen molar-refractivity contribution in [3.05, 3.63) is 53.6 Å². The van der Waals surface area contributed by atoms with Crippen LogP contribution in [0.15, 0.2) is 47.6 Å². The van der Waals surface area contributed by atoms with E-state index >= 15 is 0 Å². The second-order valence-electron chi connectivity index (χ2n) is 6.04. The van der Waals surface area contributed by atoms with Crippen LogP contribution < -0.4 is 10.3 Å². The van der Waals surface area contributed by atoms with E-state index in [1.54, 1.807) is 36.1 Å². The summed E-state index contributed by atoms with van der Waals surface area (Å²) in [6.07, 6.45) is 1.33. The van der Waals surface area contributed by atoms with Crippen LogP contribution in [0, 0.1) is 0 Å². The summed E-state index contributed by atoms with van der Waals surface area (Å²) in [7, 11) is 0. The van der Waals surface area contributed by atoms with Gasteiger partial charge in [0.05, 0.1) is 5.71 Å². The first-order chi connectivity index (χ1) is 12.5. The fourth-order valence-electron chi connectivity index (χ4n) is 2.81. The van der Waals surface area contributed by atoms with Gasteiger partial charge in [-0.1, -0.05) is 6.07 Å². The van der Waals surface area contributed by atoms with Crippen LogP contribution >= 0.6 is 0 Å². The van der Waals surface area contributed by atoms with Gasteiger partial charge in [0.15, 0.2) is 0 Å². The van der Waals surface area contributed by atoms with E-state index in [1.165, 1.54) is 18.2 Å². The molecular formula is C19H19N3O4. The molecule has 0 radical (unpaired) electrons. The number of carbonyl (C=O) groups excluding carboxylic acids is 2. The topological polar surface area (TPSA) is 102 Å². The monoisotopic (exact) mass is 353 g/mol. The van der Waals surface area contributed by atoms with Crippen LogP contribution in [0.2, 0.25) is 0 Å². The lowest BCUT2D eigenvalue weighted by Gasteiger charge is -2.16. The van der Waals surface area contributed by atoms with Crippen LogP contribution in [-0.4, -0.2) is 34.3 Å². The molecule has 1 fully saturated rings. The van der Waals surface area contributed by atoms with Crippen LogP contribution in [0.25, 0.3) is 0 Å². The van der Waals surface area contributed by atoms with Gasteiger partial charge in [-0.2, -0.15) is 5.10 Å². The van der Waals surface area contributed by atoms with Crippen molar-refractivity contribution < 1.29 is 19.8 Å². The minimum atomic E-state index is -0.433. The number of rotatable bonds is 4. The number of phenolic OH excluding ortho intramolecular Hbond substituents is 2. The van der Waals surface area contributed by atoms with E-state index in [4.69, 9.17) is 0 Å². The van der Waals surface area contributed by atoms with E-state index in [-0.39, 0.29) is 17.4 Å². The second-order valence-corrected chi connectivity index (χ2v) is 6.04. The predicted molar refractivity (Wildman–Crippen MR) is 97.5 cm³/mol. The number of benzene rings is 2. The summed E-state index contributed by atoms with van der Waals surface area (Å²) < 4.78 is 0. The highest BCUT2D eigenvalue weighted by Crippen LogP contribution is 2.23. The number of nitrogens with zero attached hydrogens (tertiary/aromatic N) is 2. The quantitative estimate of drug-likeness (QED) is 0.446. The maximum atomic E-state index is 12.3. The van der Waals surface area contributed by atoms with Gasteiger partial charge in [-0.25, -0.2) is 5.43 Å². The summed E-state index contributed by atoms with van der Waals surface area (Å²) in [6, 6.07) is 10.9. The van der Waals surface area contributed by atoms with Crippen molar-refractivity contribution in [1.82, 2.24) is 5.43 Å². The molecule has 2 aromatic carbocycles. The van der Waals surface area contributed by atoms with Gasteiger partial charge in [0.25, 0.3) is 5.91 Å². The second kappa shape index (κ2) is 7.26. The normalized spacial score (nSPS) is 14.6. The van der Waals surface area contributed by atoms with Crippen LogP contribution in [-0.2, 0) is 4.79 Å². The van der Waals surface area contributed by atoms with Crippen molar-refractivity contribution >= 4 is 23.2 Å². The Balaban J connectivity index is 1.76. The number of carbonyl (C=O) groups is 2. The highest BCUT2D eigenvalue weighted by atomic mass is 16.3. The molecule has 1 heterocycles. The molecule has 1 aliphatic heterocycles. The van der Waals surface area contributed by atoms with Gasteiger partial charge in [-0.15, -0.1) is 0 Å². The molecule has 26 heavy (non-hydrogen) atoms. The summed E-state index contributed by atoms with van der Waals surface area (Å²) in [5.74, 6) is -0.442. The fourth-order valence-corrected chi connectivity index (χ4v) is 2.81. The molecule has 0 saturated carbocycles. The van der Waals surface area contributed by atoms with Crippen molar-refractivity contribution in [1.29, 1.82) is 0 Å². The zero-order chi connectivity index (χ0) is 18.7. The van der Waals surface area contributed by atoms with Crippen LogP contribution in [0.1, 0.15) is 35.7 Å². The first-order valence-corrected chi connectivity index (χ1v) is 8.23. The molecule has 0 aliphatic carbocycles. The van der Waals surface area contributed by atoms with Gasteiger partial charge in [-0.3, -0.25) is 9.59 Å². The van der Waals surface area contributed by atoms with Gasteiger partial charge in [-0.05, 0) is 49.7 Å². The molecular weight excluding hydrogens is 334 g/mol. The zero-order valence-corrected chi connectivity index (χ0v) is 14.3. The molecule has 2 aromatic rings. The summed E-state index contributed by atoms with van der Waals surface area (Å²) >= 11 is 0. The van der Waals surface area contributed by atoms with Crippen molar-refractivity contribution in [2.45, 2.75) is 19.8 Å². The van der Waals surface area contributed by atoms with Crippen molar-refractivity contribution in [2.75, 3.05) is 11.4 Å². The van der Waals surface area contributed by atoms with E-state index in [0.29, 0.717) is 35.5 Å². The lowest BCUT2D eigenvalue weighted by Crippen LogP contribution is -2.24. The number of phenols is 2. The fraction of sp³-hybridized carbons (Fsp3) is 0.211. The summed E-state index contributed by atoms with van der Waals surface area (Å²) in [6.45, 7) is 2.26. The minimum Gasteiger partial charge on any atom is -0.508 e. The molecule has 3 N–H and O–H groups in total. The average Bonchev–Trinajstić information content (AvgIpc) is 3.07. The maximum Gasteiger partial charge on any atom is 0.271 e. The number of hydrogen-bond acceptors (Lipinski definition) is 5. The summed E-state index contributed by atoms with van der Waals surface area (Å²) in [4.78, 5) is 25.9. The number of hydrogen-bond donors (Lipinski definition) is 3. The molecule has 1 saturated heterocycles. The number of amides is 2. The zero-order valence-electron chi connectivity index (χ0n) is 14.3.